The fourth-order valence-electron chi connectivity index (χ4n) is 1.98. The maximum absolute atomic E-state index is 8.89. The van der Waals surface area contributed by atoms with Crippen LogP contribution in [0.5, 0.6) is 0 Å². The first-order valence-electron chi connectivity index (χ1n) is 6.51. The zero-order valence-electron chi connectivity index (χ0n) is 11.5. The van der Waals surface area contributed by atoms with Gasteiger partial charge in [-0.15, -0.1) is 0 Å². The summed E-state index contributed by atoms with van der Waals surface area (Å²) in [7, 11) is 4.08. The molecule has 0 fully saturated rings. The largest absolute Gasteiger partial charge is 0.390 e. The number of nitrogens with zero attached hydrogens (tertiary/aromatic N) is 1. The molecule has 1 aliphatic rings. The predicted molar refractivity (Wildman–Crippen MR) is 79.9 cm³/mol. The lowest BCUT2D eigenvalue weighted by molar-refractivity contribution is -0.788. The van der Waals surface area contributed by atoms with Gasteiger partial charge in [0.25, 0.3) is 0 Å². The van der Waals surface area contributed by atoms with E-state index in [4.69, 9.17) is 5.11 Å². The van der Waals surface area contributed by atoms with E-state index in [1.165, 1.54) is 21.7 Å². The number of aliphatic hydroxyl groups excluding tert-OH is 1. The number of hydrogen-bond acceptors (Lipinski definition) is 2. The van der Waals surface area contributed by atoms with E-state index in [-0.39, 0.29) is 6.61 Å². The molecule has 2 N–H and O–H groups in total. The minimum absolute atomic E-state index is 0.208. The Morgan fingerprint density at radius 3 is 2.53 bits per heavy atom. The van der Waals surface area contributed by atoms with Crippen LogP contribution in [0, 0.1) is 0 Å². The summed E-state index contributed by atoms with van der Waals surface area (Å²) in [4.78, 5) is 3.27. The van der Waals surface area contributed by atoms with Gasteiger partial charge in [-0.1, -0.05) is 18.2 Å². The van der Waals surface area contributed by atoms with Crippen LogP contribution in [0.2, 0.25) is 0 Å². The van der Waals surface area contributed by atoms with Crippen molar-refractivity contribution in [2.24, 2.45) is 0 Å². The van der Waals surface area contributed by atoms with Crippen molar-refractivity contribution < 1.29 is 10.0 Å². The number of quaternary nitrogens is 1. The first-order valence-corrected chi connectivity index (χ1v) is 6.51. The molecule has 2 rings (SSSR count). The molecule has 100 valence electrons. The van der Waals surface area contributed by atoms with Gasteiger partial charge in [0.15, 0.2) is 0 Å². The molecule has 0 amide bonds. The zero-order valence-corrected chi connectivity index (χ0v) is 11.5. The van der Waals surface area contributed by atoms with Crippen LogP contribution in [-0.4, -0.2) is 32.4 Å². The van der Waals surface area contributed by atoms with Crippen LogP contribution < -0.4 is 9.80 Å². The Kier molecular flexibility index (Phi) is 4.55. The quantitative estimate of drug-likeness (QED) is 0.825. The minimum Gasteiger partial charge on any atom is -0.390 e. The van der Waals surface area contributed by atoms with Crippen molar-refractivity contribution in [1.29, 1.82) is 0 Å². The van der Waals surface area contributed by atoms with Crippen LogP contribution in [0.15, 0.2) is 54.4 Å². The van der Waals surface area contributed by atoms with Crippen molar-refractivity contribution >= 4 is 11.8 Å². The van der Waals surface area contributed by atoms with Crippen molar-refractivity contribution in [3.63, 3.8) is 0 Å². The fraction of sp³-hybridized carbons (Fsp3) is 0.250. The summed E-state index contributed by atoms with van der Waals surface area (Å²) in [6.45, 7) is 0.935. The van der Waals surface area contributed by atoms with Crippen molar-refractivity contribution in [2.45, 2.75) is 0 Å². The lowest BCUT2D eigenvalue weighted by Gasteiger charge is -2.11. The van der Waals surface area contributed by atoms with Crippen LogP contribution in [0.3, 0.4) is 0 Å². The molecular formula is C16H21N2O+. The summed E-state index contributed by atoms with van der Waals surface area (Å²) < 4.78 is 0. The highest BCUT2D eigenvalue weighted by Crippen LogP contribution is 2.14. The van der Waals surface area contributed by atoms with Crippen LogP contribution in [0.25, 0.3) is 6.08 Å². The van der Waals surface area contributed by atoms with Crippen molar-refractivity contribution in [3.8, 4) is 0 Å². The summed E-state index contributed by atoms with van der Waals surface area (Å²) >= 11 is 0. The third-order valence-corrected chi connectivity index (χ3v) is 3.12. The second kappa shape index (κ2) is 6.36. The Hall–Kier alpha value is -1.84. The highest BCUT2D eigenvalue weighted by Gasteiger charge is 2.07. The van der Waals surface area contributed by atoms with E-state index in [9.17, 15) is 0 Å². The number of rotatable bonds is 5. The van der Waals surface area contributed by atoms with E-state index in [1.54, 1.807) is 0 Å². The lowest BCUT2D eigenvalue weighted by atomic mass is 10.1. The summed E-state index contributed by atoms with van der Waals surface area (Å²) in [6.07, 6.45) is 10.5. The van der Waals surface area contributed by atoms with Gasteiger partial charge in [-0.05, 0) is 23.8 Å². The molecule has 0 saturated heterocycles. The van der Waals surface area contributed by atoms with Crippen LogP contribution in [-0.2, 0) is 0 Å². The standard InChI is InChI=1S/C16H20N2O/c1-17(2)16-7-5-14(6-8-16)3-4-15-9-10-18(13-15)11-12-19/h3-10,13,19H,11-12H2,1-2H3/p+1/b4-3+. The Labute approximate surface area is 114 Å². The molecule has 1 aromatic rings. The molecule has 3 nitrogen and oxygen atoms in total. The number of anilines is 1. The summed E-state index contributed by atoms with van der Waals surface area (Å²) in [5.74, 6) is 0. The first kappa shape index (κ1) is 13.6. The molecule has 1 unspecified atom stereocenters. The van der Waals surface area contributed by atoms with Crippen molar-refractivity contribution in [1.82, 2.24) is 0 Å². The molecule has 1 heterocycles. The van der Waals surface area contributed by atoms with E-state index in [2.05, 4.69) is 59.8 Å². The number of aliphatic hydroxyl groups is 1. The smallest absolute Gasteiger partial charge is 0.109 e. The molecule has 1 atom stereocenters. The zero-order chi connectivity index (χ0) is 13.7. The summed E-state index contributed by atoms with van der Waals surface area (Å²) in [5.41, 5.74) is 3.58. The fourth-order valence-corrected chi connectivity index (χ4v) is 1.98. The van der Waals surface area contributed by atoms with E-state index in [0.29, 0.717) is 0 Å². The Morgan fingerprint density at radius 1 is 1.16 bits per heavy atom. The second-order valence-electron chi connectivity index (χ2n) is 4.85. The summed E-state index contributed by atoms with van der Waals surface area (Å²) in [5, 5.41) is 8.89. The average molecular weight is 257 g/mol. The maximum atomic E-state index is 8.89. The summed E-state index contributed by atoms with van der Waals surface area (Å²) in [6, 6.07) is 8.45. The monoisotopic (exact) mass is 257 g/mol. The molecule has 0 bridgehead atoms. The number of benzene rings is 1. The minimum atomic E-state index is 0.208. The molecule has 0 spiro atoms. The van der Waals surface area contributed by atoms with E-state index in [1.807, 2.05) is 14.1 Å². The topological polar surface area (TPSA) is 27.9 Å². The molecular weight excluding hydrogens is 236 g/mol. The highest BCUT2D eigenvalue weighted by atomic mass is 16.3. The van der Waals surface area contributed by atoms with Gasteiger partial charge in [-0.3, -0.25) is 4.90 Å². The SMILES string of the molecule is CN(C)c1ccc(/C=C/C2=C[NH+](CCO)C=C2)cc1. The van der Waals surface area contributed by atoms with Gasteiger partial charge in [0, 0.05) is 31.4 Å². The highest BCUT2D eigenvalue weighted by molar-refractivity contribution is 5.58. The third kappa shape index (κ3) is 3.81. The van der Waals surface area contributed by atoms with Crippen molar-refractivity contribution in [2.75, 3.05) is 32.1 Å². The Balaban J connectivity index is 2.00. The molecule has 3 heteroatoms. The molecule has 0 aliphatic carbocycles. The molecule has 0 radical (unpaired) electrons. The Bertz CT molecular complexity index is 498. The van der Waals surface area contributed by atoms with Crippen LogP contribution >= 0.6 is 0 Å². The number of hydrogen-bond donors (Lipinski definition) is 2. The molecule has 0 aromatic heterocycles. The Morgan fingerprint density at radius 2 is 1.89 bits per heavy atom. The van der Waals surface area contributed by atoms with Gasteiger partial charge in [0.05, 0.1) is 12.8 Å². The molecule has 1 aliphatic heterocycles. The molecule has 19 heavy (non-hydrogen) atoms. The predicted octanol–water partition coefficient (Wildman–Crippen LogP) is 1.05. The van der Waals surface area contributed by atoms with Gasteiger partial charge >= 0.3 is 0 Å². The van der Waals surface area contributed by atoms with Gasteiger partial charge in [0.1, 0.15) is 12.7 Å². The van der Waals surface area contributed by atoms with Gasteiger partial charge < -0.3 is 10.0 Å². The normalized spacial score (nSPS) is 18.1. The van der Waals surface area contributed by atoms with Gasteiger partial charge in [0.2, 0.25) is 0 Å². The maximum Gasteiger partial charge on any atom is 0.109 e. The van der Waals surface area contributed by atoms with E-state index < -0.39 is 0 Å². The van der Waals surface area contributed by atoms with E-state index >= 15 is 0 Å². The first-order chi connectivity index (χ1) is 9.19. The number of allylic oxidation sites excluding steroid dienone is 3. The van der Waals surface area contributed by atoms with Crippen LogP contribution in [0.1, 0.15) is 5.56 Å². The lowest BCUT2D eigenvalue weighted by Crippen LogP contribution is -3.02. The second-order valence-corrected chi connectivity index (χ2v) is 4.85. The third-order valence-electron chi connectivity index (χ3n) is 3.12. The molecule has 0 saturated carbocycles. The average Bonchev–Trinajstić information content (AvgIpc) is 2.85. The van der Waals surface area contributed by atoms with Gasteiger partial charge in [-0.2, -0.15) is 0 Å². The van der Waals surface area contributed by atoms with Crippen LogP contribution in [0.4, 0.5) is 5.69 Å². The van der Waals surface area contributed by atoms with Gasteiger partial charge in [-0.25, -0.2) is 0 Å². The van der Waals surface area contributed by atoms with Crippen molar-refractivity contribution in [3.05, 3.63) is 60.0 Å². The molecule has 1 aromatic carbocycles. The van der Waals surface area contributed by atoms with E-state index in [0.717, 1.165) is 6.54 Å². The number of nitrogens with one attached hydrogen (secondary N) is 1.